The van der Waals surface area contributed by atoms with Gasteiger partial charge in [0.05, 0.1) is 7.11 Å². The van der Waals surface area contributed by atoms with Crippen LogP contribution in [0.4, 0.5) is 6.01 Å². The number of piperidine rings is 1. The van der Waals surface area contributed by atoms with Crippen molar-refractivity contribution < 1.29 is 18.7 Å². The van der Waals surface area contributed by atoms with Crippen molar-refractivity contribution in [1.82, 2.24) is 10.3 Å². The average molecular weight is 395 g/mol. The first kappa shape index (κ1) is 19.1. The lowest BCUT2D eigenvalue weighted by Gasteiger charge is -2.30. The van der Waals surface area contributed by atoms with Crippen molar-refractivity contribution in [1.29, 1.82) is 0 Å². The molecule has 0 spiro atoms. The number of oxazole rings is 1. The Bertz CT molecular complexity index is 930. The molecule has 2 aromatic carbocycles. The molecule has 4 rings (SSSR count). The van der Waals surface area contributed by atoms with E-state index in [4.69, 9.17) is 13.9 Å². The molecule has 0 bridgehead atoms. The van der Waals surface area contributed by atoms with Crippen LogP contribution in [0.25, 0.3) is 11.1 Å². The maximum absolute atomic E-state index is 12.1. The quantitative estimate of drug-likeness (QED) is 0.662. The predicted octanol–water partition coefficient (Wildman–Crippen LogP) is 3.25. The number of nitrogens with zero attached hydrogens (tertiary/aromatic N) is 2. The summed E-state index contributed by atoms with van der Waals surface area (Å²) in [6, 6.07) is 15.8. The number of aromatic nitrogens is 1. The van der Waals surface area contributed by atoms with Gasteiger partial charge in [0.2, 0.25) is 0 Å². The molecule has 2 heterocycles. The first-order valence-corrected chi connectivity index (χ1v) is 9.86. The van der Waals surface area contributed by atoms with Gasteiger partial charge in [-0.2, -0.15) is 4.98 Å². The van der Waals surface area contributed by atoms with Crippen LogP contribution in [-0.4, -0.2) is 44.2 Å². The molecule has 152 valence electrons. The van der Waals surface area contributed by atoms with E-state index in [1.165, 1.54) is 0 Å². The van der Waals surface area contributed by atoms with Crippen LogP contribution < -0.4 is 19.7 Å². The Hall–Kier alpha value is -3.22. The summed E-state index contributed by atoms with van der Waals surface area (Å²) in [5.41, 5.74) is 1.69. The van der Waals surface area contributed by atoms with Gasteiger partial charge in [0, 0.05) is 19.6 Å². The molecule has 1 aliphatic heterocycles. The molecule has 29 heavy (non-hydrogen) atoms. The Kier molecular flexibility index (Phi) is 5.84. The van der Waals surface area contributed by atoms with Gasteiger partial charge in [0.1, 0.15) is 5.52 Å². The molecule has 1 fully saturated rings. The Labute approximate surface area is 169 Å². The van der Waals surface area contributed by atoms with E-state index < -0.39 is 0 Å². The van der Waals surface area contributed by atoms with Gasteiger partial charge < -0.3 is 24.1 Å². The topological polar surface area (TPSA) is 76.8 Å². The van der Waals surface area contributed by atoms with Crippen LogP contribution in [-0.2, 0) is 4.79 Å². The Morgan fingerprint density at radius 1 is 1.14 bits per heavy atom. The highest BCUT2D eigenvalue weighted by molar-refractivity contribution is 5.77. The monoisotopic (exact) mass is 395 g/mol. The van der Waals surface area contributed by atoms with Gasteiger partial charge in [-0.05, 0) is 43.0 Å². The molecule has 0 saturated carbocycles. The van der Waals surface area contributed by atoms with E-state index in [1.54, 1.807) is 19.2 Å². The first-order valence-electron chi connectivity index (χ1n) is 9.86. The predicted molar refractivity (Wildman–Crippen MR) is 110 cm³/mol. The van der Waals surface area contributed by atoms with Crippen molar-refractivity contribution >= 4 is 23.0 Å². The largest absolute Gasteiger partial charge is 0.493 e. The zero-order chi connectivity index (χ0) is 20.1. The minimum Gasteiger partial charge on any atom is -0.493 e. The van der Waals surface area contributed by atoms with Crippen molar-refractivity contribution in [2.75, 3.05) is 38.3 Å². The molecular weight excluding hydrogens is 370 g/mol. The lowest BCUT2D eigenvalue weighted by Crippen LogP contribution is -2.39. The zero-order valence-electron chi connectivity index (χ0n) is 16.5. The second kappa shape index (κ2) is 8.86. The lowest BCUT2D eigenvalue weighted by molar-refractivity contribution is -0.123. The number of ether oxygens (including phenoxy) is 2. The van der Waals surface area contributed by atoms with Gasteiger partial charge in [0.15, 0.2) is 23.7 Å². The number of fused-ring (bicyclic) bond motifs is 1. The number of anilines is 1. The summed E-state index contributed by atoms with van der Waals surface area (Å²) in [5, 5.41) is 2.97. The first-order chi connectivity index (χ1) is 14.2. The molecule has 0 atom stereocenters. The summed E-state index contributed by atoms with van der Waals surface area (Å²) in [6.07, 6.45) is 1.96. The molecule has 7 heteroatoms. The third kappa shape index (κ3) is 4.62. The van der Waals surface area contributed by atoms with Crippen molar-refractivity contribution in [3.8, 4) is 11.5 Å². The van der Waals surface area contributed by atoms with E-state index in [-0.39, 0.29) is 12.5 Å². The van der Waals surface area contributed by atoms with Crippen LogP contribution in [0.3, 0.4) is 0 Å². The molecular formula is C22H25N3O4. The lowest BCUT2D eigenvalue weighted by atomic mass is 9.97. The van der Waals surface area contributed by atoms with Crippen LogP contribution in [0.5, 0.6) is 11.5 Å². The normalized spacial score (nSPS) is 14.7. The number of rotatable bonds is 7. The fourth-order valence-corrected chi connectivity index (χ4v) is 3.51. The summed E-state index contributed by atoms with van der Waals surface area (Å²) >= 11 is 0. The molecule has 1 amide bonds. The number of benzene rings is 2. The van der Waals surface area contributed by atoms with E-state index in [1.807, 2.05) is 36.4 Å². The van der Waals surface area contributed by atoms with Crippen LogP contribution >= 0.6 is 0 Å². The van der Waals surface area contributed by atoms with Gasteiger partial charge in [-0.15, -0.1) is 0 Å². The molecule has 7 nitrogen and oxygen atoms in total. The van der Waals surface area contributed by atoms with E-state index in [0.29, 0.717) is 30.0 Å². The Morgan fingerprint density at radius 2 is 1.86 bits per heavy atom. The smallest absolute Gasteiger partial charge is 0.298 e. The minimum absolute atomic E-state index is 0.0257. The highest BCUT2D eigenvalue weighted by Crippen LogP contribution is 2.27. The van der Waals surface area contributed by atoms with E-state index in [9.17, 15) is 4.79 Å². The molecule has 1 aliphatic rings. The van der Waals surface area contributed by atoms with Gasteiger partial charge in [-0.3, -0.25) is 4.79 Å². The standard InChI is InChI=1S/C22H25N3O4/c1-27-19-8-4-5-9-20(19)28-15-21(26)23-14-16-10-12-25(13-11-16)22-24-17-6-2-3-7-18(17)29-22/h2-9,16H,10-15H2,1H3,(H,23,26). The van der Waals surface area contributed by atoms with E-state index in [0.717, 1.165) is 37.0 Å². The number of carbonyl (C=O) groups excluding carboxylic acids is 1. The average Bonchev–Trinajstić information content (AvgIpc) is 3.21. The molecule has 3 aromatic rings. The zero-order valence-corrected chi connectivity index (χ0v) is 16.5. The van der Waals surface area contributed by atoms with Crippen LogP contribution in [0.1, 0.15) is 12.8 Å². The van der Waals surface area contributed by atoms with Gasteiger partial charge in [0.25, 0.3) is 11.9 Å². The third-order valence-electron chi connectivity index (χ3n) is 5.18. The number of amides is 1. The summed E-state index contributed by atoms with van der Waals surface area (Å²) in [7, 11) is 1.58. The number of carbonyl (C=O) groups is 1. The molecule has 0 radical (unpaired) electrons. The van der Waals surface area contributed by atoms with Crippen molar-refractivity contribution in [3.63, 3.8) is 0 Å². The van der Waals surface area contributed by atoms with Crippen molar-refractivity contribution in [3.05, 3.63) is 48.5 Å². The Balaban J connectivity index is 1.21. The number of hydrogen-bond donors (Lipinski definition) is 1. The third-order valence-corrected chi connectivity index (χ3v) is 5.18. The van der Waals surface area contributed by atoms with Crippen molar-refractivity contribution in [2.24, 2.45) is 5.92 Å². The van der Waals surface area contributed by atoms with Crippen LogP contribution in [0.2, 0.25) is 0 Å². The van der Waals surface area contributed by atoms with Gasteiger partial charge in [-0.25, -0.2) is 0 Å². The molecule has 0 unspecified atom stereocenters. The van der Waals surface area contributed by atoms with Crippen LogP contribution in [0.15, 0.2) is 52.9 Å². The number of nitrogens with one attached hydrogen (secondary N) is 1. The molecule has 0 aliphatic carbocycles. The SMILES string of the molecule is COc1ccccc1OCC(=O)NCC1CCN(c2nc3ccccc3o2)CC1. The fraction of sp³-hybridized carbons (Fsp3) is 0.364. The number of para-hydroxylation sites is 4. The van der Waals surface area contributed by atoms with Gasteiger partial charge >= 0.3 is 0 Å². The Morgan fingerprint density at radius 3 is 2.62 bits per heavy atom. The highest BCUT2D eigenvalue weighted by atomic mass is 16.5. The summed E-state index contributed by atoms with van der Waals surface area (Å²) in [6.45, 7) is 2.35. The maximum Gasteiger partial charge on any atom is 0.298 e. The second-order valence-electron chi connectivity index (χ2n) is 7.14. The van der Waals surface area contributed by atoms with Crippen LogP contribution in [0, 0.1) is 5.92 Å². The number of hydrogen-bond acceptors (Lipinski definition) is 6. The molecule has 1 N–H and O–H groups in total. The van der Waals surface area contributed by atoms with Gasteiger partial charge in [-0.1, -0.05) is 24.3 Å². The maximum atomic E-state index is 12.1. The minimum atomic E-state index is -0.128. The second-order valence-corrected chi connectivity index (χ2v) is 7.14. The number of methoxy groups -OCH3 is 1. The summed E-state index contributed by atoms with van der Waals surface area (Å²) < 4.78 is 16.6. The fourth-order valence-electron chi connectivity index (χ4n) is 3.51. The summed E-state index contributed by atoms with van der Waals surface area (Å²) in [5.74, 6) is 1.49. The molecule has 1 saturated heterocycles. The molecule has 1 aromatic heterocycles. The summed E-state index contributed by atoms with van der Waals surface area (Å²) in [4.78, 5) is 18.9. The van der Waals surface area contributed by atoms with Crippen molar-refractivity contribution in [2.45, 2.75) is 12.8 Å². The van der Waals surface area contributed by atoms with E-state index in [2.05, 4.69) is 15.2 Å². The van der Waals surface area contributed by atoms with E-state index >= 15 is 0 Å². The highest BCUT2D eigenvalue weighted by Gasteiger charge is 2.23.